The van der Waals surface area contributed by atoms with E-state index < -0.39 is 29.6 Å². The molecular formula is C28H37N3O5. The molecule has 3 saturated heterocycles. The maximum absolute atomic E-state index is 14.1. The Morgan fingerprint density at radius 2 is 1.86 bits per heavy atom. The number of hydrogen-bond donors (Lipinski definition) is 1. The van der Waals surface area contributed by atoms with Crippen molar-refractivity contribution in [3.05, 3.63) is 61.2 Å². The third-order valence-corrected chi connectivity index (χ3v) is 7.69. The summed E-state index contributed by atoms with van der Waals surface area (Å²) in [5, 5.41) is 9.79. The van der Waals surface area contributed by atoms with Crippen LogP contribution in [0.15, 0.2) is 55.6 Å². The van der Waals surface area contributed by atoms with Gasteiger partial charge in [-0.3, -0.25) is 14.4 Å². The van der Waals surface area contributed by atoms with Crippen LogP contribution in [-0.4, -0.2) is 88.1 Å². The van der Waals surface area contributed by atoms with Crippen molar-refractivity contribution < 1.29 is 24.2 Å². The minimum absolute atomic E-state index is 0.0149. The van der Waals surface area contributed by atoms with E-state index in [4.69, 9.17) is 4.74 Å². The van der Waals surface area contributed by atoms with Gasteiger partial charge in [-0.2, -0.15) is 0 Å². The molecule has 36 heavy (non-hydrogen) atoms. The summed E-state index contributed by atoms with van der Waals surface area (Å²) in [6.07, 6.45) is 4.89. The Hall–Kier alpha value is -2.97. The molecule has 1 N–H and O–H groups in total. The zero-order valence-corrected chi connectivity index (χ0v) is 21.1. The zero-order valence-electron chi connectivity index (χ0n) is 21.1. The Kier molecular flexibility index (Phi) is 7.95. The van der Waals surface area contributed by atoms with Gasteiger partial charge in [0.1, 0.15) is 11.6 Å². The van der Waals surface area contributed by atoms with Gasteiger partial charge in [0.05, 0.1) is 24.5 Å². The van der Waals surface area contributed by atoms with Crippen LogP contribution in [0.4, 0.5) is 0 Å². The van der Waals surface area contributed by atoms with Crippen LogP contribution in [-0.2, 0) is 25.7 Å². The van der Waals surface area contributed by atoms with E-state index in [9.17, 15) is 19.5 Å². The number of rotatable bonds is 12. The molecule has 1 aromatic carbocycles. The van der Waals surface area contributed by atoms with E-state index in [-0.39, 0.29) is 30.9 Å². The number of carbonyl (C=O) groups excluding carboxylic acids is 3. The van der Waals surface area contributed by atoms with Crippen molar-refractivity contribution >= 4 is 17.7 Å². The summed E-state index contributed by atoms with van der Waals surface area (Å²) in [5.41, 5.74) is -0.111. The Labute approximate surface area is 213 Å². The fourth-order valence-corrected chi connectivity index (χ4v) is 6.36. The standard InChI is InChI=1S/C28H37N3O5/c1-4-14-29(15-5-2)25(33)22-21-12-13-28(36-21)23(22)26(34)31(17-18-32)24(28)27(35)30(16-6-3)19-20-10-8-7-9-11-20/h4,6-11,21-24,32H,1,3,5,12-19H2,2H3/t21-,22+,23-,24?,28?/m0/s1. The van der Waals surface area contributed by atoms with Crippen LogP contribution >= 0.6 is 0 Å². The maximum Gasteiger partial charge on any atom is 0.248 e. The second-order valence-corrected chi connectivity index (χ2v) is 9.88. The van der Waals surface area contributed by atoms with E-state index >= 15 is 0 Å². The molecule has 1 aromatic rings. The lowest BCUT2D eigenvalue weighted by Gasteiger charge is -2.37. The lowest BCUT2D eigenvalue weighted by atomic mass is 9.70. The van der Waals surface area contributed by atoms with Crippen LogP contribution in [0.1, 0.15) is 31.7 Å². The van der Waals surface area contributed by atoms with E-state index in [2.05, 4.69) is 13.2 Å². The largest absolute Gasteiger partial charge is 0.395 e. The number of aliphatic hydroxyl groups is 1. The molecule has 4 rings (SSSR count). The van der Waals surface area contributed by atoms with Crippen LogP contribution in [0.25, 0.3) is 0 Å². The van der Waals surface area contributed by atoms with E-state index in [1.165, 1.54) is 4.90 Å². The van der Waals surface area contributed by atoms with Crippen LogP contribution in [0.3, 0.4) is 0 Å². The molecule has 8 heteroatoms. The van der Waals surface area contributed by atoms with Crippen molar-refractivity contribution in [1.82, 2.24) is 14.7 Å². The molecule has 0 radical (unpaired) electrons. The van der Waals surface area contributed by atoms with Crippen LogP contribution in [0, 0.1) is 11.8 Å². The highest BCUT2D eigenvalue weighted by atomic mass is 16.5. The Balaban J connectivity index is 1.69. The summed E-state index contributed by atoms with van der Waals surface area (Å²) < 4.78 is 6.49. The lowest BCUT2D eigenvalue weighted by Crippen LogP contribution is -2.56. The van der Waals surface area contributed by atoms with Crippen molar-refractivity contribution in [2.24, 2.45) is 11.8 Å². The van der Waals surface area contributed by atoms with E-state index in [1.807, 2.05) is 37.3 Å². The first-order valence-electron chi connectivity index (χ1n) is 12.9. The zero-order chi connectivity index (χ0) is 25.9. The number of nitrogens with zero attached hydrogens (tertiary/aromatic N) is 3. The second kappa shape index (κ2) is 11.0. The highest BCUT2D eigenvalue weighted by molar-refractivity contribution is 5.99. The molecule has 3 fully saturated rings. The van der Waals surface area contributed by atoms with Gasteiger partial charge in [-0.25, -0.2) is 0 Å². The Bertz CT molecular complexity index is 998. The monoisotopic (exact) mass is 495 g/mol. The van der Waals surface area contributed by atoms with Crippen molar-refractivity contribution in [2.45, 2.75) is 50.5 Å². The molecule has 0 saturated carbocycles. The molecule has 3 aliphatic rings. The smallest absolute Gasteiger partial charge is 0.248 e. The summed E-state index contributed by atoms with van der Waals surface area (Å²) in [5.74, 6) is -2.02. The van der Waals surface area contributed by atoms with Gasteiger partial charge in [-0.1, -0.05) is 49.4 Å². The predicted molar refractivity (Wildman–Crippen MR) is 136 cm³/mol. The van der Waals surface area contributed by atoms with Gasteiger partial charge < -0.3 is 24.5 Å². The Morgan fingerprint density at radius 1 is 1.17 bits per heavy atom. The number of fused-ring (bicyclic) bond motifs is 1. The SMILES string of the molecule is C=CCN(Cc1ccccc1)C(=O)C1N(CCO)C(=O)[C@@H]2[C@H](C(=O)N(CC=C)CCC)[C@@H]3CCC12O3. The average Bonchev–Trinajstić information content (AvgIpc) is 3.51. The first kappa shape index (κ1) is 26.1. The molecule has 3 heterocycles. The fourth-order valence-electron chi connectivity index (χ4n) is 6.36. The van der Waals surface area contributed by atoms with Crippen molar-refractivity contribution in [2.75, 3.05) is 32.8 Å². The van der Waals surface area contributed by atoms with Crippen molar-refractivity contribution in [3.63, 3.8) is 0 Å². The van der Waals surface area contributed by atoms with Crippen LogP contribution < -0.4 is 0 Å². The minimum atomic E-state index is -1.07. The number of ether oxygens (including phenoxy) is 1. The summed E-state index contributed by atoms with van der Waals surface area (Å²) in [4.78, 5) is 46.5. The second-order valence-electron chi connectivity index (χ2n) is 9.88. The van der Waals surface area contributed by atoms with Gasteiger partial charge >= 0.3 is 0 Å². The first-order valence-corrected chi connectivity index (χ1v) is 12.9. The topological polar surface area (TPSA) is 90.4 Å². The molecular weight excluding hydrogens is 458 g/mol. The molecule has 1 spiro atoms. The third kappa shape index (κ3) is 4.37. The number of carbonyl (C=O) groups is 3. The third-order valence-electron chi connectivity index (χ3n) is 7.69. The summed E-state index contributed by atoms with van der Waals surface area (Å²) in [7, 11) is 0. The summed E-state index contributed by atoms with van der Waals surface area (Å²) >= 11 is 0. The van der Waals surface area contributed by atoms with E-state index in [0.717, 1.165) is 12.0 Å². The first-order chi connectivity index (χ1) is 17.4. The maximum atomic E-state index is 14.1. The summed E-state index contributed by atoms with van der Waals surface area (Å²) in [6, 6.07) is 8.75. The van der Waals surface area contributed by atoms with Gasteiger partial charge in [0.15, 0.2) is 0 Å². The highest BCUT2D eigenvalue weighted by Crippen LogP contribution is 2.58. The van der Waals surface area contributed by atoms with Crippen molar-refractivity contribution in [3.8, 4) is 0 Å². The van der Waals surface area contributed by atoms with E-state index in [1.54, 1.807) is 22.0 Å². The molecule has 194 valence electrons. The molecule has 2 bridgehead atoms. The van der Waals surface area contributed by atoms with Gasteiger partial charge in [-0.15, -0.1) is 13.2 Å². The van der Waals surface area contributed by atoms with Gasteiger partial charge in [0, 0.05) is 32.7 Å². The number of β-amino-alcohol motifs (C(OH)–C–C–N with tert-alkyl or cyclic N) is 1. The normalized spacial score (nSPS) is 28.2. The molecule has 5 atom stereocenters. The average molecular weight is 496 g/mol. The van der Waals surface area contributed by atoms with Gasteiger partial charge in [0.25, 0.3) is 0 Å². The quantitative estimate of drug-likeness (QED) is 0.448. The molecule has 0 aliphatic carbocycles. The van der Waals surface area contributed by atoms with E-state index in [0.29, 0.717) is 39.0 Å². The fraction of sp³-hybridized carbons (Fsp3) is 0.536. The number of aliphatic hydroxyl groups excluding tert-OH is 1. The molecule has 0 aromatic heterocycles. The molecule has 3 amide bonds. The molecule has 8 nitrogen and oxygen atoms in total. The van der Waals surface area contributed by atoms with Crippen LogP contribution in [0.2, 0.25) is 0 Å². The number of amides is 3. The summed E-state index contributed by atoms with van der Waals surface area (Å²) in [6.45, 7) is 11.0. The number of benzene rings is 1. The number of likely N-dealkylation sites (tertiary alicyclic amines) is 1. The predicted octanol–water partition coefficient (Wildman–Crippen LogP) is 1.99. The van der Waals surface area contributed by atoms with Gasteiger partial charge in [0.2, 0.25) is 17.7 Å². The lowest BCUT2D eigenvalue weighted by molar-refractivity contribution is -0.149. The molecule has 2 unspecified atom stereocenters. The van der Waals surface area contributed by atoms with Crippen LogP contribution in [0.5, 0.6) is 0 Å². The highest BCUT2D eigenvalue weighted by Gasteiger charge is 2.74. The van der Waals surface area contributed by atoms with Gasteiger partial charge in [-0.05, 0) is 24.8 Å². The Morgan fingerprint density at radius 3 is 2.50 bits per heavy atom. The molecule has 3 aliphatic heterocycles. The van der Waals surface area contributed by atoms with Crippen molar-refractivity contribution in [1.29, 1.82) is 0 Å². The minimum Gasteiger partial charge on any atom is -0.395 e. The number of hydrogen-bond acceptors (Lipinski definition) is 5.